The smallest absolute Gasteiger partial charge is 0.161 e. The zero-order valence-corrected chi connectivity index (χ0v) is 18.0. The summed E-state index contributed by atoms with van der Waals surface area (Å²) in [5.74, 6) is 1.64. The van der Waals surface area contributed by atoms with Gasteiger partial charge in [-0.3, -0.25) is 0 Å². The van der Waals surface area contributed by atoms with Crippen LogP contribution in [0, 0.1) is 5.41 Å². The molecule has 2 spiro atoms. The molecule has 2 aliphatic carbocycles. The first-order chi connectivity index (χ1) is 15.0. The molecule has 4 atom stereocenters. The van der Waals surface area contributed by atoms with E-state index < -0.39 is 17.8 Å². The van der Waals surface area contributed by atoms with Gasteiger partial charge in [-0.25, -0.2) is 0 Å². The van der Waals surface area contributed by atoms with E-state index in [9.17, 15) is 10.2 Å². The minimum atomic E-state index is -0.751. The molecule has 0 amide bonds. The summed E-state index contributed by atoms with van der Waals surface area (Å²) in [6.45, 7) is 3.37. The number of hydrogen-bond acceptors (Lipinski definition) is 5. The zero-order chi connectivity index (χ0) is 21.2. The Morgan fingerprint density at radius 2 is 1.71 bits per heavy atom. The molecule has 4 aliphatic rings. The highest BCUT2D eigenvalue weighted by atomic mass is 16.6. The van der Waals surface area contributed by atoms with Crippen LogP contribution in [0.15, 0.2) is 36.4 Å². The molecule has 0 unspecified atom stereocenters. The van der Waals surface area contributed by atoms with Gasteiger partial charge in [0.05, 0.1) is 18.3 Å². The van der Waals surface area contributed by atoms with Gasteiger partial charge >= 0.3 is 0 Å². The van der Waals surface area contributed by atoms with Crippen molar-refractivity contribution in [3.8, 4) is 11.5 Å². The molecule has 3 fully saturated rings. The number of aliphatic hydroxyl groups excluding tert-OH is 2. The van der Waals surface area contributed by atoms with Gasteiger partial charge in [0, 0.05) is 11.8 Å². The molecular formula is C26H30O5. The number of ether oxygens (including phenoxy) is 3. The third-order valence-corrected chi connectivity index (χ3v) is 7.79. The maximum atomic E-state index is 10.8. The number of benzene rings is 2. The number of hydrogen-bond donors (Lipinski definition) is 2. The van der Waals surface area contributed by atoms with Crippen molar-refractivity contribution in [3.63, 3.8) is 0 Å². The van der Waals surface area contributed by atoms with Crippen LogP contribution in [0.25, 0.3) is 0 Å². The average molecular weight is 423 g/mol. The quantitative estimate of drug-likeness (QED) is 0.786. The summed E-state index contributed by atoms with van der Waals surface area (Å²) in [4.78, 5) is 0. The Kier molecular flexibility index (Phi) is 4.40. The van der Waals surface area contributed by atoms with Crippen molar-refractivity contribution in [1.29, 1.82) is 0 Å². The van der Waals surface area contributed by atoms with E-state index in [1.54, 1.807) is 0 Å². The Bertz CT molecular complexity index is 1010. The van der Waals surface area contributed by atoms with Crippen LogP contribution in [0.4, 0.5) is 0 Å². The van der Waals surface area contributed by atoms with Crippen molar-refractivity contribution >= 4 is 0 Å². The van der Waals surface area contributed by atoms with Crippen LogP contribution in [-0.2, 0) is 17.6 Å². The molecule has 2 saturated carbocycles. The van der Waals surface area contributed by atoms with Crippen LogP contribution in [0.5, 0.6) is 11.5 Å². The largest absolute Gasteiger partial charge is 0.486 e. The maximum absolute atomic E-state index is 10.8. The molecular weight excluding hydrogens is 392 g/mol. The molecule has 2 N–H and O–H groups in total. The average Bonchev–Trinajstić information content (AvgIpc) is 3.70. The van der Waals surface area contributed by atoms with E-state index in [0.717, 1.165) is 49.2 Å². The van der Waals surface area contributed by atoms with Crippen molar-refractivity contribution in [2.24, 2.45) is 5.41 Å². The molecule has 6 rings (SSSR count). The molecule has 2 aromatic carbocycles. The molecule has 0 radical (unpaired) electrons. The highest BCUT2D eigenvalue weighted by molar-refractivity contribution is 5.46. The first kappa shape index (κ1) is 19.6. The van der Waals surface area contributed by atoms with E-state index in [2.05, 4.69) is 37.3 Å². The van der Waals surface area contributed by atoms with E-state index in [1.807, 2.05) is 6.07 Å². The number of aryl methyl sites for hydroxylation is 1. The summed E-state index contributed by atoms with van der Waals surface area (Å²) in [6, 6.07) is 12.9. The molecule has 2 heterocycles. The lowest BCUT2D eigenvalue weighted by Crippen LogP contribution is -2.47. The first-order valence-electron chi connectivity index (χ1n) is 11.6. The summed E-state index contributed by atoms with van der Waals surface area (Å²) in [5.41, 5.74) is 4.15. The minimum absolute atomic E-state index is 0.0696. The molecule has 164 valence electrons. The second kappa shape index (κ2) is 6.96. The summed E-state index contributed by atoms with van der Waals surface area (Å²) < 4.78 is 17.8. The lowest BCUT2D eigenvalue weighted by Gasteiger charge is -2.41. The molecule has 2 aromatic rings. The molecule has 5 heteroatoms. The monoisotopic (exact) mass is 422 g/mol. The van der Waals surface area contributed by atoms with Gasteiger partial charge in [-0.15, -0.1) is 0 Å². The number of fused-ring (bicyclic) bond motifs is 1. The van der Waals surface area contributed by atoms with Gasteiger partial charge in [0.15, 0.2) is 11.5 Å². The summed E-state index contributed by atoms with van der Waals surface area (Å²) >= 11 is 0. The van der Waals surface area contributed by atoms with Crippen molar-refractivity contribution in [2.75, 3.05) is 13.2 Å². The molecule has 0 bridgehead atoms. The van der Waals surface area contributed by atoms with Crippen molar-refractivity contribution in [1.82, 2.24) is 0 Å². The summed E-state index contributed by atoms with van der Waals surface area (Å²) in [5, 5.41) is 21.1. The van der Waals surface area contributed by atoms with Crippen LogP contribution in [0.3, 0.4) is 0 Å². The van der Waals surface area contributed by atoms with Crippen molar-refractivity contribution < 1.29 is 24.4 Å². The topological polar surface area (TPSA) is 68.2 Å². The van der Waals surface area contributed by atoms with E-state index in [1.165, 1.54) is 16.7 Å². The highest BCUT2D eigenvalue weighted by Crippen LogP contribution is 2.66. The van der Waals surface area contributed by atoms with E-state index in [4.69, 9.17) is 14.2 Å². The van der Waals surface area contributed by atoms with Crippen LogP contribution in [0.2, 0.25) is 0 Å². The predicted octanol–water partition coefficient (Wildman–Crippen LogP) is 3.72. The maximum Gasteiger partial charge on any atom is 0.161 e. The van der Waals surface area contributed by atoms with Gasteiger partial charge in [0.1, 0.15) is 18.8 Å². The second-order valence-corrected chi connectivity index (χ2v) is 9.79. The number of aliphatic hydroxyl groups is 2. The Balaban J connectivity index is 1.29. The van der Waals surface area contributed by atoms with Crippen LogP contribution >= 0.6 is 0 Å². The predicted molar refractivity (Wildman–Crippen MR) is 116 cm³/mol. The molecule has 2 aliphatic heterocycles. The van der Waals surface area contributed by atoms with Crippen LogP contribution < -0.4 is 9.47 Å². The van der Waals surface area contributed by atoms with E-state index in [-0.39, 0.29) is 11.5 Å². The van der Waals surface area contributed by atoms with Gasteiger partial charge < -0.3 is 24.4 Å². The van der Waals surface area contributed by atoms with Gasteiger partial charge in [0.25, 0.3) is 0 Å². The summed E-state index contributed by atoms with van der Waals surface area (Å²) in [7, 11) is 0. The van der Waals surface area contributed by atoms with Gasteiger partial charge in [-0.1, -0.05) is 31.2 Å². The minimum Gasteiger partial charge on any atom is -0.486 e. The number of rotatable bonds is 4. The fourth-order valence-electron chi connectivity index (χ4n) is 5.63. The van der Waals surface area contributed by atoms with Gasteiger partial charge in [-0.2, -0.15) is 0 Å². The molecule has 31 heavy (non-hydrogen) atoms. The Hall–Kier alpha value is -2.08. The first-order valence-corrected chi connectivity index (χ1v) is 11.6. The fourth-order valence-corrected chi connectivity index (χ4v) is 5.63. The lowest BCUT2D eigenvalue weighted by molar-refractivity contribution is -0.185. The zero-order valence-electron chi connectivity index (χ0n) is 18.0. The van der Waals surface area contributed by atoms with E-state index in [0.29, 0.717) is 19.6 Å². The third kappa shape index (κ3) is 3.17. The molecule has 0 aromatic heterocycles. The molecule has 5 nitrogen and oxygen atoms in total. The third-order valence-electron chi connectivity index (χ3n) is 7.79. The standard InChI is InChI=1S/C26H30O5/c1-2-17-4-5-18(22-14-25(7-8-25)24(28)26(31-22)15-23(26)27)13-19(17)11-16-3-6-20-21(12-16)30-10-9-29-20/h3-6,12-13,22-24,27-28H,2,7-11,14-15H2,1H3/t22-,23-,24+,26+/m1/s1. The van der Waals surface area contributed by atoms with E-state index >= 15 is 0 Å². The molecule has 1 saturated heterocycles. The van der Waals surface area contributed by atoms with Gasteiger partial charge in [-0.05, 0) is 66.5 Å². The Morgan fingerprint density at radius 3 is 2.42 bits per heavy atom. The summed E-state index contributed by atoms with van der Waals surface area (Å²) in [6.07, 6.45) is 4.06. The van der Waals surface area contributed by atoms with Crippen LogP contribution in [-0.4, -0.2) is 41.2 Å². The Labute approximate surface area is 183 Å². The fraction of sp³-hybridized carbons (Fsp3) is 0.538. The van der Waals surface area contributed by atoms with Crippen molar-refractivity contribution in [2.45, 2.75) is 69.4 Å². The van der Waals surface area contributed by atoms with Crippen molar-refractivity contribution in [3.05, 3.63) is 58.7 Å². The normalized spacial score (nSPS) is 32.3. The SMILES string of the molecule is CCc1ccc([C@H]2CC3(CC3)[C@H](O)[C@@]3(C[C@H]3O)O2)cc1Cc1ccc2c(c1)OCCO2. The highest BCUT2D eigenvalue weighted by Gasteiger charge is 2.72. The van der Waals surface area contributed by atoms with Crippen LogP contribution in [0.1, 0.15) is 61.0 Å². The Morgan fingerprint density at radius 1 is 0.935 bits per heavy atom. The van der Waals surface area contributed by atoms with Gasteiger partial charge in [0.2, 0.25) is 0 Å². The second-order valence-electron chi connectivity index (χ2n) is 9.79. The lowest BCUT2D eigenvalue weighted by atomic mass is 9.81.